The fraction of sp³-hybridized carbons (Fsp3) is 0.538. The summed E-state index contributed by atoms with van der Waals surface area (Å²) < 4.78 is 31.6. The summed E-state index contributed by atoms with van der Waals surface area (Å²) in [6.07, 6.45) is 0. The number of sulfonamides is 1. The van der Waals surface area contributed by atoms with Crippen LogP contribution in [0.1, 0.15) is 18.1 Å². The van der Waals surface area contributed by atoms with Gasteiger partial charge in [-0.2, -0.15) is 4.31 Å². The maximum atomic E-state index is 12.7. The first kappa shape index (κ1) is 17.7. The predicted molar refractivity (Wildman–Crippen MR) is 82.0 cm³/mol. The van der Waals surface area contributed by atoms with Crippen molar-refractivity contribution in [2.45, 2.75) is 30.7 Å². The number of methoxy groups -OCH3 is 1. The second kappa shape index (κ2) is 7.09. The van der Waals surface area contributed by atoms with E-state index in [0.717, 1.165) is 0 Å². The Kier molecular flexibility index (Phi) is 6.28. The highest BCUT2D eigenvalue weighted by atomic mass is 35.5. The molecule has 0 spiro atoms. The fourth-order valence-corrected chi connectivity index (χ4v) is 4.07. The maximum absolute atomic E-state index is 12.7. The molecule has 0 saturated carbocycles. The third-order valence-corrected chi connectivity index (χ3v) is 5.87. The topological polar surface area (TPSA) is 46.6 Å². The molecule has 0 heterocycles. The van der Waals surface area contributed by atoms with Crippen molar-refractivity contribution in [2.75, 3.05) is 20.8 Å². The lowest BCUT2D eigenvalue weighted by atomic mass is 10.1. The van der Waals surface area contributed by atoms with Crippen LogP contribution in [0, 0.1) is 6.92 Å². The van der Waals surface area contributed by atoms with Crippen molar-refractivity contribution < 1.29 is 13.2 Å². The van der Waals surface area contributed by atoms with Crippen molar-refractivity contribution in [1.82, 2.24) is 4.31 Å². The predicted octanol–water partition coefficient (Wildman–Crippen LogP) is 3.04. The van der Waals surface area contributed by atoms with Crippen LogP contribution in [-0.4, -0.2) is 39.5 Å². The Morgan fingerprint density at radius 3 is 2.50 bits per heavy atom. The first-order valence-electron chi connectivity index (χ1n) is 6.07. The zero-order valence-electron chi connectivity index (χ0n) is 12.0. The minimum Gasteiger partial charge on any atom is -0.383 e. The van der Waals surface area contributed by atoms with Gasteiger partial charge in [0.15, 0.2) is 0 Å². The number of ether oxygens (including phenoxy) is 1. The van der Waals surface area contributed by atoms with E-state index in [2.05, 4.69) is 0 Å². The van der Waals surface area contributed by atoms with Gasteiger partial charge in [0.1, 0.15) is 0 Å². The van der Waals surface area contributed by atoms with Crippen LogP contribution in [0.3, 0.4) is 0 Å². The van der Waals surface area contributed by atoms with E-state index in [1.54, 1.807) is 19.9 Å². The van der Waals surface area contributed by atoms with Gasteiger partial charge in [-0.3, -0.25) is 0 Å². The van der Waals surface area contributed by atoms with E-state index in [-0.39, 0.29) is 16.8 Å². The first-order chi connectivity index (χ1) is 9.25. The van der Waals surface area contributed by atoms with Gasteiger partial charge in [0, 0.05) is 31.1 Å². The molecule has 0 aromatic heterocycles. The monoisotopic (exact) mass is 339 g/mol. The number of halogens is 2. The molecule has 1 unspecified atom stereocenters. The normalized spacial score (nSPS) is 13.8. The van der Waals surface area contributed by atoms with Gasteiger partial charge in [0.05, 0.1) is 11.5 Å². The molecular weight excluding hydrogens is 321 g/mol. The molecule has 4 nitrogen and oxygen atoms in total. The van der Waals surface area contributed by atoms with Crippen LogP contribution in [0.15, 0.2) is 17.0 Å². The molecule has 0 saturated heterocycles. The van der Waals surface area contributed by atoms with Crippen LogP contribution in [0.25, 0.3) is 0 Å². The van der Waals surface area contributed by atoms with E-state index in [1.807, 2.05) is 0 Å². The van der Waals surface area contributed by atoms with Gasteiger partial charge in [-0.15, -0.1) is 11.6 Å². The van der Waals surface area contributed by atoms with Crippen molar-refractivity contribution in [3.63, 3.8) is 0 Å². The summed E-state index contributed by atoms with van der Waals surface area (Å²) in [6, 6.07) is 2.86. The molecule has 0 fully saturated rings. The van der Waals surface area contributed by atoms with Gasteiger partial charge in [-0.05, 0) is 37.1 Å². The fourth-order valence-electron chi connectivity index (χ4n) is 1.85. The van der Waals surface area contributed by atoms with Gasteiger partial charge in [-0.25, -0.2) is 8.42 Å². The average Bonchev–Trinajstić information content (AvgIpc) is 2.40. The molecule has 1 aromatic carbocycles. The van der Waals surface area contributed by atoms with Crippen LogP contribution in [0.5, 0.6) is 0 Å². The zero-order valence-corrected chi connectivity index (χ0v) is 14.3. The second-order valence-corrected chi connectivity index (χ2v) is 7.32. The summed E-state index contributed by atoms with van der Waals surface area (Å²) >= 11 is 11.8. The summed E-state index contributed by atoms with van der Waals surface area (Å²) in [6.45, 7) is 3.83. The molecule has 20 heavy (non-hydrogen) atoms. The highest BCUT2D eigenvalue weighted by molar-refractivity contribution is 7.89. The van der Waals surface area contributed by atoms with Crippen LogP contribution < -0.4 is 0 Å². The van der Waals surface area contributed by atoms with Gasteiger partial charge in [-0.1, -0.05) is 11.6 Å². The van der Waals surface area contributed by atoms with E-state index >= 15 is 0 Å². The van der Waals surface area contributed by atoms with E-state index in [0.29, 0.717) is 22.8 Å². The molecular formula is C13H19Cl2NO3S. The van der Waals surface area contributed by atoms with Crippen molar-refractivity contribution in [3.05, 3.63) is 28.3 Å². The maximum Gasteiger partial charge on any atom is 0.243 e. The van der Waals surface area contributed by atoms with E-state index in [4.69, 9.17) is 27.9 Å². The number of benzene rings is 1. The number of alkyl halides is 1. The number of likely N-dealkylation sites (N-methyl/N-ethyl adjacent to an activating group) is 1. The molecule has 0 aliphatic heterocycles. The highest BCUT2D eigenvalue weighted by Gasteiger charge is 2.28. The minimum absolute atomic E-state index is 0.186. The smallest absolute Gasteiger partial charge is 0.243 e. The lowest BCUT2D eigenvalue weighted by molar-refractivity contribution is 0.149. The van der Waals surface area contributed by atoms with Gasteiger partial charge in [0.2, 0.25) is 10.0 Å². The van der Waals surface area contributed by atoms with Crippen LogP contribution >= 0.6 is 23.2 Å². The molecule has 0 aliphatic carbocycles. The Balaban J connectivity index is 3.32. The Morgan fingerprint density at radius 1 is 1.40 bits per heavy atom. The largest absolute Gasteiger partial charge is 0.383 e. The molecule has 0 aliphatic rings. The van der Waals surface area contributed by atoms with Crippen LogP contribution in [0.2, 0.25) is 5.02 Å². The Morgan fingerprint density at radius 2 is 2.00 bits per heavy atom. The van der Waals surface area contributed by atoms with Crippen molar-refractivity contribution in [1.29, 1.82) is 0 Å². The standard InChI is InChI=1S/C13H19Cl2NO3S/c1-9(8-19-4)16(3)20(17,18)13-6-12(15)5-11(7-14)10(13)2/h5-6,9H,7-8H2,1-4H3. The molecule has 7 heteroatoms. The Bertz CT molecular complexity index is 575. The summed E-state index contributed by atoms with van der Waals surface area (Å²) in [7, 11) is -0.574. The second-order valence-electron chi connectivity index (χ2n) is 4.65. The summed E-state index contributed by atoms with van der Waals surface area (Å²) in [4.78, 5) is 0.186. The average molecular weight is 340 g/mol. The molecule has 0 N–H and O–H groups in total. The lowest BCUT2D eigenvalue weighted by Gasteiger charge is -2.25. The SMILES string of the molecule is COCC(C)N(C)S(=O)(=O)c1cc(Cl)cc(CCl)c1C. The molecule has 1 aromatic rings. The van der Waals surface area contributed by atoms with E-state index < -0.39 is 10.0 Å². The molecule has 1 rings (SSSR count). The number of hydrogen-bond donors (Lipinski definition) is 0. The van der Waals surface area contributed by atoms with Crippen molar-refractivity contribution >= 4 is 33.2 Å². The van der Waals surface area contributed by atoms with Crippen LogP contribution in [-0.2, 0) is 20.6 Å². The molecule has 1 atom stereocenters. The van der Waals surface area contributed by atoms with Gasteiger partial charge < -0.3 is 4.74 Å². The Labute approximate surface area is 130 Å². The quantitative estimate of drug-likeness (QED) is 0.748. The number of rotatable bonds is 6. The molecule has 114 valence electrons. The first-order valence-corrected chi connectivity index (χ1v) is 8.43. The molecule has 0 radical (unpaired) electrons. The third kappa shape index (κ3) is 3.65. The summed E-state index contributed by atoms with van der Waals surface area (Å²) in [5.74, 6) is 0.215. The van der Waals surface area contributed by atoms with Crippen molar-refractivity contribution in [2.24, 2.45) is 0 Å². The van der Waals surface area contributed by atoms with Crippen LogP contribution in [0.4, 0.5) is 0 Å². The summed E-state index contributed by atoms with van der Waals surface area (Å²) in [5, 5.41) is 0.359. The molecule has 0 amide bonds. The van der Waals surface area contributed by atoms with E-state index in [1.165, 1.54) is 24.5 Å². The van der Waals surface area contributed by atoms with Crippen molar-refractivity contribution in [3.8, 4) is 0 Å². The highest BCUT2D eigenvalue weighted by Crippen LogP contribution is 2.28. The molecule has 0 bridgehead atoms. The lowest BCUT2D eigenvalue weighted by Crippen LogP contribution is -2.38. The van der Waals surface area contributed by atoms with Gasteiger partial charge in [0.25, 0.3) is 0 Å². The summed E-state index contributed by atoms with van der Waals surface area (Å²) in [5.41, 5.74) is 1.34. The third-order valence-electron chi connectivity index (χ3n) is 3.26. The number of nitrogens with zero attached hydrogens (tertiary/aromatic N) is 1. The minimum atomic E-state index is -3.64. The zero-order chi connectivity index (χ0) is 15.5. The number of hydrogen-bond acceptors (Lipinski definition) is 3. The Hall–Kier alpha value is -0.330. The van der Waals surface area contributed by atoms with Gasteiger partial charge >= 0.3 is 0 Å². The van der Waals surface area contributed by atoms with E-state index in [9.17, 15) is 8.42 Å².